The average Bonchev–Trinajstić information content (AvgIpc) is 2.45. The van der Waals surface area contributed by atoms with Crippen molar-refractivity contribution in [3.8, 4) is 5.75 Å². The number of quaternary nitrogens is 1. The molecule has 2 rings (SSSR count). The second-order valence-electron chi connectivity index (χ2n) is 6.14. The smallest absolute Gasteiger partial charge is 0.138 e. The van der Waals surface area contributed by atoms with Gasteiger partial charge in [0.15, 0.2) is 0 Å². The predicted molar refractivity (Wildman–Crippen MR) is 94.6 cm³/mol. The summed E-state index contributed by atoms with van der Waals surface area (Å²) in [4.78, 5) is 6.14. The summed E-state index contributed by atoms with van der Waals surface area (Å²) in [6.45, 7) is 0.818. The van der Waals surface area contributed by atoms with Crippen molar-refractivity contribution >= 4 is 38.1 Å². The number of phenolic OH excluding ortho intramolecular Hbond substituents is 1. The maximum atomic E-state index is 10.1. The van der Waals surface area contributed by atoms with Gasteiger partial charge in [-0.3, -0.25) is 4.99 Å². The number of nitrogens with one attached hydrogen (secondary N) is 1. The van der Waals surface area contributed by atoms with Gasteiger partial charge in [-0.05, 0) is 40.9 Å². The van der Waals surface area contributed by atoms with Crippen LogP contribution in [0.5, 0.6) is 5.75 Å². The number of aliphatic imine (C=N–C) groups is 1. The van der Waals surface area contributed by atoms with Crippen LogP contribution in [-0.4, -0.2) is 37.5 Å². The Bertz CT molecular complexity index is 523. The topological polar surface area (TPSA) is 37.0 Å². The first kappa shape index (κ1) is 17.0. The SMILES string of the molecule is C[NH+](C)C1(CN=Cc2cc(Br)cc(Br)c2O)CCCCC1. The summed E-state index contributed by atoms with van der Waals surface area (Å²) in [7, 11) is 4.46. The Morgan fingerprint density at radius 3 is 2.52 bits per heavy atom. The number of nitrogens with zero attached hydrogens (tertiary/aromatic N) is 1. The van der Waals surface area contributed by atoms with Gasteiger partial charge in [0.05, 0.1) is 25.1 Å². The molecule has 5 heteroatoms. The third kappa shape index (κ3) is 4.08. The predicted octanol–water partition coefficient (Wildman–Crippen LogP) is 3.18. The van der Waals surface area contributed by atoms with Crippen LogP contribution in [0.1, 0.15) is 37.7 Å². The van der Waals surface area contributed by atoms with Gasteiger partial charge in [-0.1, -0.05) is 22.4 Å². The van der Waals surface area contributed by atoms with E-state index >= 15 is 0 Å². The quantitative estimate of drug-likeness (QED) is 0.724. The number of hydrogen-bond donors (Lipinski definition) is 2. The number of rotatable bonds is 4. The number of phenols is 1. The summed E-state index contributed by atoms with van der Waals surface area (Å²) in [5.41, 5.74) is 1.00. The van der Waals surface area contributed by atoms with Crippen molar-refractivity contribution in [3.63, 3.8) is 0 Å². The van der Waals surface area contributed by atoms with Crippen LogP contribution in [0.2, 0.25) is 0 Å². The van der Waals surface area contributed by atoms with Gasteiger partial charge in [-0.2, -0.15) is 0 Å². The molecular formula is C16H23Br2N2O+. The Balaban J connectivity index is 2.14. The largest absolute Gasteiger partial charge is 0.506 e. The van der Waals surface area contributed by atoms with Crippen molar-refractivity contribution in [2.45, 2.75) is 37.6 Å². The fraction of sp³-hybridized carbons (Fsp3) is 0.562. The van der Waals surface area contributed by atoms with Crippen LogP contribution in [0.4, 0.5) is 0 Å². The van der Waals surface area contributed by atoms with Gasteiger partial charge in [-0.25, -0.2) is 0 Å². The van der Waals surface area contributed by atoms with Crippen molar-refractivity contribution < 1.29 is 10.0 Å². The summed E-state index contributed by atoms with van der Waals surface area (Å²) >= 11 is 6.80. The highest BCUT2D eigenvalue weighted by Gasteiger charge is 2.37. The molecule has 0 aliphatic heterocycles. The Hall–Kier alpha value is -0.390. The lowest BCUT2D eigenvalue weighted by molar-refractivity contribution is -0.915. The van der Waals surface area contributed by atoms with Gasteiger partial charge in [0, 0.05) is 29.1 Å². The van der Waals surface area contributed by atoms with E-state index < -0.39 is 0 Å². The van der Waals surface area contributed by atoms with Gasteiger partial charge < -0.3 is 10.0 Å². The van der Waals surface area contributed by atoms with Crippen LogP contribution in [0, 0.1) is 0 Å². The van der Waals surface area contributed by atoms with Crippen molar-refractivity contribution in [3.05, 3.63) is 26.6 Å². The normalized spacial score (nSPS) is 18.5. The number of likely N-dealkylation sites (N-methyl/N-ethyl adjacent to an activating group) is 1. The first-order valence-electron chi connectivity index (χ1n) is 7.43. The van der Waals surface area contributed by atoms with Gasteiger partial charge in [0.25, 0.3) is 0 Å². The van der Waals surface area contributed by atoms with E-state index in [4.69, 9.17) is 0 Å². The molecule has 1 aromatic rings. The second-order valence-corrected chi connectivity index (χ2v) is 7.91. The van der Waals surface area contributed by atoms with E-state index in [0.29, 0.717) is 4.47 Å². The van der Waals surface area contributed by atoms with E-state index in [1.165, 1.54) is 37.0 Å². The number of aromatic hydroxyl groups is 1. The molecule has 3 nitrogen and oxygen atoms in total. The zero-order valence-electron chi connectivity index (χ0n) is 12.6. The minimum Gasteiger partial charge on any atom is -0.506 e. The highest BCUT2D eigenvalue weighted by molar-refractivity contribution is 9.11. The van der Waals surface area contributed by atoms with Gasteiger partial charge in [-0.15, -0.1) is 0 Å². The summed E-state index contributed by atoms with van der Waals surface area (Å²) in [6.07, 6.45) is 8.21. The third-order valence-corrected chi connectivity index (χ3v) is 5.62. The first-order chi connectivity index (χ1) is 9.94. The van der Waals surface area contributed by atoms with Crippen LogP contribution >= 0.6 is 31.9 Å². The minimum absolute atomic E-state index is 0.247. The van der Waals surface area contributed by atoms with Crippen LogP contribution < -0.4 is 4.90 Å². The molecule has 0 aromatic heterocycles. The van der Waals surface area contributed by atoms with E-state index in [9.17, 15) is 5.11 Å². The molecule has 0 amide bonds. The average molecular weight is 419 g/mol. The molecule has 0 spiro atoms. The molecule has 1 aliphatic carbocycles. The summed E-state index contributed by atoms with van der Waals surface area (Å²) in [5, 5.41) is 10.1. The molecule has 0 heterocycles. The van der Waals surface area contributed by atoms with Crippen LogP contribution in [-0.2, 0) is 0 Å². The molecule has 1 aromatic carbocycles. The molecule has 1 fully saturated rings. The Morgan fingerprint density at radius 2 is 1.90 bits per heavy atom. The summed E-state index contributed by atoms with van der Waals surface area (Å²) in [5.74, 6) is 0.247. The number of hydrogen-bond acceptors (Lipinski definition) is 2. The van der Waals surface area contributed by atoms with E-state index in [0.717, 1.165) is 16.6 Å². The van der Waals surface area contributed by atoms with Crippen molar-refractivity contribution in [1.82, 2.24) is 0 Å². The lowest BCUT2D eigenvalue weighted by Gasteiger charge is -2.38. The zero-order valence-corrected chi connectivity index (χ0v) is 15.8. The Kier molecular flexibility index (Phi) is 5.86. The summed E-state index contributed by atoms with van der Waals surface area (Å²) < 4.78 is 1.61. The fourth-order valence-electron chi connectivity index (χ4n) is 3.05. The molecule has 0 saturated heterocycles. The minimum atomic E-state index is 0.247. The highest BCUT2D eigenvalue weighted by Crippen LogP contribution is 2.31. The Labute approximate surface area is 143 Å². The van der Waals surface area contributed by atoms with Crippen molar-refractivity contribution in [1.29, 1.82) is 0 Å². The molecule has 2 N–H and O–H groups in total. The molecule has 0 radical (unpaired) electrons. The molecule has 0 unspecified atom stereocenters. The monoisotopic (exact) mass is 417 g/mol. The van der Waals surface area contributed by atoms with Crippen LogP contribution in [0.3, 0.4) is 0 Å². The van der Waals surface area contributed by atoms with E-state index in [2.05, 4.69) is 50.9 Å². The van der Waals surface area contributed by atoms with E-state index in [1.54, 1.807) is 6.21 Å². The zero-order chi connectivity index (χ0) is 15.5. The second kappa shape index (κ2) is 7.25. The van der Waals surface area contributed by atoms with Gasteiger partial charge in [0.2, 0.25) is 0 Å². The van der Waals surface area contributed by atoms with Crippen LogP contribution in [0.15, 0.2) is 26.1 Å². The third-order valence-electron chi connectivity index (χ3n) is 4.55. The van der Waals surface area contributed by atoms with Gasteiger partial charge >= 0.3 is 0 Å². The summed E-state index contributed by atoms with van der Waals surface area (Å²) in [6, 6.07) is 3.72. The molecule has 1 aliphatic rings. The molecule has 1 saturated carbocycles. The standard InChI is InChI=1S/C16H22Br2N2O/c1-20(2)16(6-4-3-5-7-16)11-19-10-12-8-13(17)9-14(18)15(12)21/h8-10,21H,3-7,11H2,1-2H3/p+1. The van der Waals surface area contributed by atoms with E-state index in [1.807, 2.05) is 12.1 Å². The molecule has 0 bridgehead atoms. The molecular weight excluding hydrogens is 396 g/mol. The number of benzene rings is 1. The lowest BCUT2D eigenvalue weighted by atomic mass is 9.81. The Morgan fingerprint density at radius 1 is 1.24 bits per heavy atom. The van der Waals surface area contributed by atoms with E-state index in [-0.39, 0.29) is 11.3 Å². The first-order valence-corrected chi connectivity index (χ1v) is 9.02. The molecule has 116 valence electrons. The molecule has 21 heavy (non-hydrogen) atoms. The maximum Gasteiger partial charge on any atom is 0.138 e. The molecule has 0 atom stereocenters. The lowest BCUT2D eigenvalue weighted by Crippen LogP contribution is -3.16. The van der Waals surface area contributed by atoms with Crippen molar-refractivity contribution in [2.75, 3.05) is 20.6 Å². The highest BCUT2D eigenvalue weighted by atomic mass is 79.9. The fourth-order valence-corrected chi connectivity index (χ4v) is 4.31. The number of halogens is 2. The van der Waals surface area contributed by atoms with Gasteiger partial charge in [0.1, 0.15) is 11.3 Å². The van der Waals surface area contributed by atoms with Crippen LogP contribution in [0.25, 0.3) is 0 Å². The van der Waals surface area contributed by atoms with Crippen molar-refractivity contribution in [2.24, 2.45) is 4.99 Å². The maximum absolute atomic E-state index is 10.1.